The number of anilines is 1. The summed E-state index contributed by atoms with van der Waals surface area (Å²) in [5.74, 6) is -0.111. The molecule has 0 spiro atoms. The van der Waals surface area contributed by atoms with Gasteiger partial charge in [0, 0.05) is 24.6 Å². The van der Waals surface area contributed by atoms with E-state index < -0.39 is 0 Å². The maximum absolute atomic E-state index is 13.0. The van der Waals surface area contributed by atoms with Gasteiger partial charge in [-0.2, -0.15) is 0 Å². The number of hydrogen-bond donors (Lipinski definition) is 1. The lowest BCUT2D eigenvalue weighted by atomic mass is 9.95. The van der Waals surface area contributed by atoms with E-state index in [1.165, 1.54) is 11.3 Å². The minimum atomic E-state index is -0.106. The number of aryl methyl sites for hydroxylation is 1. The van der Waals surface area contributed by atoms with Gasteiger partial charge in [0.15, 0.2) is 0 Å². The highest BCUT2D eigenvalue weighted by atomic mass is 32.1. The van der Waals surface area contributed by atoms with Crippen molar-refractivity contribution in [2.75, 3.05) is 18.4 Å². The van der Waals surface area contributed by atoms with E-state index in [0.29, 0.717) is 31.1 Å². The first-order valence-corrected chi connectivity index (χ1v) is 9.81. The number of piperidine rings is 1. The van der Waals surface area contributed by atoms with Gasteiger partial charge in [0.2, 0.25) is 11.0 Å². The molecule has 0 unspecified atom stereocenters. The number of likely N-dealkylation sites (tertiary alicyclic amines) is 1. The van der Waals surface area contributed by atoms with Gasteiger partial charge < -0.3 is 10.2 Å². The third-order valence-corrected chi connectivity index (χ3v) is 5.68. The summed E-state index contributed by atoms with van der Waals surface area (Å²) in [5, 5.41) is 14.1. The number of hydrogen-bond acceptors (Lipinski definition) is 5. The predicted molar refractivity (Wildman–Crippen MR) is 106 cm³/mol. The summed E-state index contributed by atoms with van der Waals surface area (Å²) in [6, 6.07) is 13.7. The quantitative estimate of drug-likeness (QED) is 0.755. The number of amides is 2. The number of carbonyl (C=O) groups excluding carboxylic acids is 2. The fraction of sp³-hybridized carbons (Fsp3) is 0.300. The first-order chi connectivity index (χ1) is 13.1. The molecule has 1 aliphatic heterocycles. The standard InChI is InChI=1S/C20H20N4O2S/c1-13-22-23-20(27-13)21-18(25)15-9-11-24(12-10-15)19(26)17-8-4-6-14-5-2-3-7-16(14)17/h2-8,15H,9-12H2,1H3,(H,21,23,25). The number of benzene rings is 2. The predicted octanol–water partition coefficient (Wildman–Crippen LogP) is 3.49. The Hall–Kier alpha value is -2.80. The van der Waals surface area contributed by atoms with Crippen LogP contribution in [-0.2, 0) is 4.79 Å². The Kier molecular flexibility index (Phi) is 4.85. The Morgan fingerprint density at radius 1 is 1.07 bits per heavy atom. The largest absolute Gasteiger partial charge is 0.339 e. The summed E-state index contributed by atoms with van der Waals surface area (Å²) in [6.45, 7) is 3.01. The molecular formula is C20H20N4O2S. The van der Waals surface area contributed by atoms with Crippen LogP contribution >= 0.6 is 11.3 Å². The fourth-order valence-electron chi connectivity index (χ4n) is 3.48. The normalized spacial score (nSPS) is 15.1. The van der Waals surface area contributed by atoms with Gasteiger partial charge in [-0.1, -0.05) is 47.7 Å². The van der Waals surface area contributed by atoms with E-state index >= 15 is 0 Å². The van der Waals surface area contributed by atoms with Crippen LogP contribution in [0.3, 0.4) is 0 Å². The molecule has 27 heavy (non-hydrogen) atoms. The Morgan fingerprint density at radius 3 is 2.56 bits per heavy atom. The molecule has 1 aliphatic rings. The molecule has 6 nitrogen and oxygen atoms in total. The Balaban J connectivity index is 1.41. The zero-order chi connectivity index (χ0) is 18.8. The SMILES string of the molecule is Cc1nnc(NC(=O)C2CCN(C(=O)c3cccc4ccccc34)CC2)s1. The molecule has 3 aromatic rings. The van der Waals surface area contributed by atoms with Crippen LogP contribution in [0.2, 0.25) is 0 Å². The highest BCUT2D eigenvalue weighted by Gasteiger charge is 2.28. The van der Waals surface area contributed by atoms with Crippen LogP contribution in [0.4, 0.5) is 5.13 Å². The Morgan fingerprint density at radius 2 is 1.81 bits per heavy atom. The molecule has 138 valence electrons. The van der Waals surface area contributed by atoms with Crippen LogP contribution in [0.1, 0.15) is 28.2 Å². The summed E-state index contributed by atoms with van der Waals surface area (Å²) in [6.07, 6.45) is 1.31. The molecule has 1 fully saturated rings. The number of nitrogens with zero attached hydrogens (tertiary/aromatic N) is 3. The number of rotatable bonds is 3. The highest BCUT2D eigenvalue weighted by molar-refractivity contribution is 7.15. The number of aromatic nitrogens is 2. The monoisotopic (exact) mass is 380 g/mol. The summed E-state index contributed by atoms with van der Waals surface area (Å²) in [7, 11) is 0. The van der Waals surface area contributed by atoms with Gasteiger partial charge in [0.1, 0.15) is 5.01 Å². The van der Waals surface area contributed by atoms with Crippen LogP contribution in [0.15, 0.2) is 42.5 Å². The van der Waals surface area contributed by atoms with Crippen molar-refractivity contribution >= 4 is 39.1 Å². The third-order valence-electron chi connectivity index (χ3n) is 4.93. The van der Waals surface area contributed by atoms with Crippen molar-refractivity contribution in [1.29, 1.82) is 0 Å². The van der Waals surface area contributed by atoms with E-state index in [2.05, 4.69) is 15.5 Å². The smallest absolute Gasteiger partial charge is 0.254 e. The van der Waals surface area contributed by atoms with E-state index in [-0.39, 0.29) is 17.7 Å². The van der Waals surface area contributed by atoms with Crippen LogP contribution in [-0.4, -0.2) is 40.0 Å². The number of nitrogens with one attached hydrogen (secondary N) is 1. The summed E-state index contributed by atoms with van der Waals surface area (Å²) in [5.41, 5.74) is 0.723. The second kappa shape index (κ2) is 7.44. The molecule has 2 amide bonds. The van der Waals surface area contributed by atoms with Gasteiger partial charge in [0.05, 0.1) is 0 Å². The van der Waals surface area contributed by atoms with E-state index in [1.807, 2.05) is 54.3 Å². The van der Waals surface area contributed by atoms with Crippen molar-refractivity contribution in [3.8, 4) is 0 Å². The van der Waals surface area contributed by atoms with E-state index in [4.69, 9.17) is 0 Å². The fourth-order valence-corrected chi connectivity index (χ4v) is 4.08. The molecule has 0 saturated carbocycles. The zero-order valence-corrected chi connectivity index (χ0v) is 15.8. The van der Waals surface area contributed by atoms with E-state index in [1.54, 1.807) is 0 Å². The minimum Gasteiger partial charge on any atom is -0.339 e. The molecule has 1 aromatic heterocycles. The molecule has 7 heteroatoms. The molecular weight excluding hydrogens is 360 g/mol. The molecule has 2 heterocycles. The zero-order valence-electron chi connectivity index (χ0n) is 15.0. The summed E-state index contributed by atoms with van der Waals surface area (Å²) < 4.78 is 0. The Bertz CT molecular complexity index is 987. The molecule has 0 aliphatic carbocycles. The molecule has 1 N–H and O–H groups in total. The lowest BCUT2D eigenvalue weighted by Gasteiger charge is -2.31. The molecule has 0 atom stereocenters. The summed E-state index contributed by atoms with van der Waals surface area (Å²) >= 11 is 1.37. The van der Waals surface area contributed by atoms with Crippen molar-refractivity contribution in [3.05, 3.63) is 53.0 Å². The van der Waals surface area contributed by atoms with E-state index in [0.717, 1.165) is 21.3 Å². The van der Waals surface area contributed by atoms with Crippen molar-refractivity contribution in [3.63, 3.8) is 0 Å². The maximum Gasteiger partial charge on any atom is 0.254 e. The van der Waals surface area contributed by atoms with Crippen LogP contribution < -0.4 is 5.32 Å². The van der Waals surface area contributed by atoms with Gasteiger partial charge in [0.25, 0.3) is 5.91 Å². The average Bonchev–Trinajstić information content (AvgIpc) is 3.11. The molecule has 2 aromatic carbocycles. The van der Waals surface area contributed by atoms with Crippen molar-refractivity contribution in [1.82, 2.24) is 15.1 Å². The van der Waals surface area contributed by atoms with E-state index in [9.17, 15) is 9.59 Å². The van der Waals surface area contributed by atoms with Gasteiger partial charge in [-0.3, -0.25) is 9.59 Å². The number of fused-ring (bicyclic) bond motifs is 1. The third kappa shape index (κ3) is 3.68. The van der Waals surface area contributed by atoms with Gasteiger partial charge >= 0.3 is 0 Å². The molecule has 1 saturated heterocycles. The minimum absolute atomic E-state index is 0.0328. The first-order valence-electron chi connectivity index (χ1n) is 9.00. The van der Waals surface area contributed by atoms with Gasteiger partial charge in [-0.05, 0) is 36.6 Å². The second-order valence-electron chi connectivity index (χ2n) is 6.71. The molecule has 0 radical (unpaired) electrons. The topological polar surface area (TPSA) is 75.2 Å². The van der Waals surface area contributed by atoms with Crippen molar-refractivity contribution in [2.45, 2.75) is 19.8 Å². The molecule has 0 bridgehead atoms. The lowest BCUT2D eigenvalue weighted by Crippen LogP contribution is -2.41. The Labute approximate surface area is 161 Å². The average molecular weight is 380 g/mol. The second-order valence-corrected chi connectivity index (χ2v) is 7.89. The van der Waals surface area contributed by atoms with Crippen molar-refractivity contribution in [2.24, 2.45) is 5.92 Å². The number of carbonyl (C=O) groups is 2. The van der Waals surface area contributed by atoms with Gasteiger partial charge in [-0.15, -0.1) is 10.2 Å². The maximum atomic E-state index is 13.0. The van der Waals surface area contributed by atoms with Crippen LogP contribution in [0.25, 0.3) is 10.8 Å². The lowest BCUT2D eigenvalue weighted by molar-refractivity contribution is -0.121. The molecule has 4 rings (SSSR count). The first kappa shape index (κ1) is 17.6. The van der Waals surface area contributed by atoms with Crippen LogP contribution in [0.5, 0.6) is 0 Å². The van der Waals surface area contributed by atoms with Crippen LogP contribution in [0, 0.1) is 12.8 Å². The van der Waals surface area contributed by atoms with Crippen molar-refractivity contribution < 1.29 is 9.59 Å². The summed E-state index contributed by atoms with van der Waals surface area (Å²) in [4.78, 5) is 27.3. The van der Waals surface area contributed by atoms with Gasteiger partial charge in [-0.25, -0.2) is 0 Å². The highest BCUT2D eigenvalue weighted by Crippen LogP contribution is 2.25.